The monoisotopic (exact) mass is 228 g/mol. The number of carboxylic acid groups (broad SMARTS) is 1. The van der Waals surface area contributed by atoms with E-state index < -0.39 is 11.6 Å². The Labute approximate surface area is 97.9 Å². The van der Waals surface area contributed by atoms with E-state index in [1.54, 1.807) is 0 Å². The van der Waals surface area contributed by atoms with Gasteiger partial charge in [-0.1, -0.05) is 46.0 Å². The third-order valence-corrected chi connectivity index (χ3v) is 4.05. The fourth-order valence-electron chi connectivity index (χ4n) is 3.16. The molecule has 2 N–H and O–H groups in total. The quantitative estimate of drug-likeness (QED) is 0.760. The van der Waals surface area contributed by atoms with Crippen LogP contribution in [0.4, 0.5) is 0 Å². The molecule has 1 saturated carbocycles. The van der Waals surface area contributed by atoms with Crippen molar-refractivity contribution in [1.82, 2.24) is 0 Å². The van der Waals surface area contributed by atoms with Crippen LogP contribution in [0.15, 0.2) is 0 Å². The first kappa shape index (κ1) is 13.5. The van der Waals surface area contributed by atoms with Crippen molar-refractivity contribution < 1.29 is 15.0 Å². The third-order valence-electron chi connectivity index (χ3n) is 4.05. The second-order valence-corrected chi connectivity index (χ2v) is 5.04. The number of hydrogen-bond acceptors (Lipinski definition) is 2. The molecule has 3 nitrogen and oxygen atoms in total. The van der Waals surface area contributed by atoms with E-state index in [-0.39, 0.29) is 5.92 Å². The summed E-state index contributed by atoms with van der Waals surface area (Å²) < 4.78 is 0. The van der Waals surface area contributed by atoms with Gasteiger partial charge in [0.15, 0.2) is 5.60 Å². The van der Waals surface area contributed by atoms with Crippen molar-refractivity contribution >= 4 is 5.97 Å². The number of rotatable bonds is 5. The Balaban J connectivity index is 2.86. The highest BCUT2D eigenvalue weighted by Gasteiger charge is 2.46. The summed E-state index contributed by atoms with van der Waals surface area (Å²) in [6.45, 7) is 4.02. The molecule has 94 valence electrons. The van der Waals surface area contributed by atoms with Gasteiger partial charge in [-0.2, -0.15) is 0 Å². The molecule has 1 rings (SSSR count). The zero-order valence-corrected chi connectivity index (χ0v) is 10.4. The Kier molecular flexibility index (Phi) is 4.78. The summed E-state index contributed by atoms with van der Waals surface area (Å²) in [5, 5.41) is 19.7. The van der Waals surface area contributed by atoms with Crippen LogP contribution in [0.5, 0.6) is 0 Å². The summed E-state index contributed by atoms with van der Waals surface area (Å²) in [6, 6.07) is 0. The minimum Gasteiger partial charge on any atom is -0.479 e. The van der Waals surface area contributed by atoms with Gasteiger partial charge >= 0.3 is 5.97 Å². The van der Waals surface area contributed by atoms with Crippen LogP contribution in [-0.2, 0) is 4.79 Å². The van der Waals surface area contributed by atoms with Crippen LogP contribution in [0.2, 0.25) is 0 Å². The predicted octanol–water partition coefficient (Wildman–Crippen LogP) is 2.82. The van der Waals surface area contributed by atoms with Crippen molar-refractivity contribution in [2.75, 3.05) is 0 Å². The number of aliphatic hydroxyl groups is 1. The third kappa shape index (κ3) is 2.57. The standard InChI is InChI=1S/C13H24O3/c1-3-9-13(16,12(14)15)11-8-6-5-7-10(11)4-2/h10-11,16H,3-9H2,1-2H3,(H,14,15). The van der Waals surface area contributed by atoms with Crippen LogP contribution in [0.3, 0.4) is 0 Å². The van der Waals surface area contributed by atoms with Gasteiger partial charge in [-0.25, -0.2) is 4.79 Å². The van der Waals surface area contributed by atoms with Crippen molar-refractivity contribution in [3.8, 4) is 0 Å². The molecule has 0 aliphatic heterocycles. The maximum atomic E-state index is 11.3. The number of carboxylic acids is 1. The molecule has 1 fully saturated rings. The minimum atomic E-state index is -1.49. The summed E-state index contributed by atoms with van der Waals surface area (Å²) in [6.07, 6.45) is 6.24. The Morgan fingerprint density at radius 2 is 1.94 bits per heavy atom. The van der Waals surface area contributed by atoms with Gasteiger partial charge < -0.3 is 10.2 Å². The lowest BCUT2D eigenvalue weighted by atomic mass is 9.67. The van der Waals surface area contributed by atoms with Gasteiger partial charge in [0.1, 0.15) is 0 Å². The molecule has 3 unspecified atom stereocenters. The van der Waals surface area contributed by atoms with Crippen molar-refractivity contribution in [1.29, 1.82) is 0 Å². The molecule has 1 aliphatic carbocycles. The topological polar surface area (TPSA) is 57.5 Å². The highest BCUT2D eigenvalue weighted by atomic mass is 16.4. The average Bonchev–Trinajstić information content (AvgIpc) is 2.29. The maximum Gasteiger partial charge on any atom is 0.335 e. The molecular weight excluding hydrogens is 204 g/mol. The Morgan fingerprint density at radius 1 is 1.31 bits per heavy atom. The summed E-state index contributed by atoms with van der Waals surface area (Å²) in [7, 11) is 0. The molecule has 16 heavy (non-hydrogen) atoms. The van der Waals surface area contributed by atoms with Crippen LogP contribution in [0.1, 0.15) is 58.8 Å². The molecule has 0 bridgehead atoms. The highest BCUT2D eigenvalue weighted by Crippen LogP contribution is 2.41. The van der Waals surface area contributed by atoms with Gasteiger partial charge in [0.2, 0.25) is 0 Å². The van der Waals surface area contributed by atoms with E-state index in [1.165, 1.54) is 6.42 Å². The molecule has 0 aromatic carbocycles. The predicted molar refractivity (Wildman–Crippen MR) is 63.2 cm³/mol. The Morgan fingerprint density at radius 3 is 2.44 bits per heavy atom. The first-order valence-electron chi connectivity index (χ1n) is 6.52. The fraction of sp³-hybridized carbons (Fsp3) is 0.923. The normalized spacial score (nSPS) is 29.7. The number of hydrogen-bond donors (Lipinski definition) is 2. The molecule has 1 aliphatic rings. The number of carbonyl (C=O) groups is 1. The Hall–Kier alpha value is -0.570. The lowest BCUT2D eigenvalue weighted by Crippen LogP contribution is -2.49. The van der Waals surface area contributed by atoms with Crippen LogP contribution in [0, 0.1) is 11.8 Å². The summed E-state index contributed by atoms with van der Waals surface area (Å²) in [5.74, 6) is -0.704. The highest BCUT2D eigenvalue weighted by molar-refractivity contribution is 5.77. The zero-order chi connectivity index (χ0) is 12.2. The SMILES string of the molecule is CCCC(O)(C(=O)O)C1CCCCC1CC. The molecule has 0 spiro atoms. The smallest absolute Gasteiger partial charge is 0.335 e. The molecule has 0 amide bonds. The van der Waals surface area contributed by atoms with Crippen LogP contribution in [-0.4, -0.2) is 21.8 Å². The van der Waals surface area contributed by atoms with Crippen molar-refractivity contribution in [2.24, 2.45) is 11.8 Å². The lowest BCUT2D eigenvalue weighted by Gasteiger charge is -2.40. The van der Waals surface area contributed by atoms with E-state index in [0.717, 1.165) is 32.1 Å². The van der Waals surface area contributed by atoms with Crippen molar-refractivity contribution in [3.05, 3.63) is 0 Å². The molecule has 3 atom stereocenters. The summed E-state index contributed by atoms with van der Waals surface area (Å²) in [4.78, 5) is 11.3. The number of aliphatic carboxylic acids is 1. The average molecular weight is 228 g/mol. The van der Waals surface area contributed by atoms with Crippen LogP contribution in [0.25, 0.3) is 0 Å². The minimum absolute atomic E-state index is 0.0521. The van der Waals surface area contributed by atoms with Gasteiger partial charge in [0.25, 0.3) is 0 Å². The van der Waals surface area contributed by atoms with E-state index in [1.807, 2.05) is 6.92 Å². The lowest BCUT2D eigenvalue weighted by molar-refractivity contribution is -0.171. The second-order valence-electron chi connectivity index (χ2n) is 5.04. The largest absolute Gasteiger partial charge is 0.479 e. The summed E-state index contributed by atoms with van der Waals surface area (Å²) >= 11 is 0. The van der Waals surface area contributed by atoms with E-state index in [4.69, 9.17) is 0 Å². The Bertz CT molecular complexity index is 239. The van der Waals surface area contributed by atoms with Crippen LogP contribution < -0.4 is 0 Å². The molecule has 0 aromatic rings. The molecular formula is C13H24O3. The van der Waals surface area contributed by atoms with E-state index in [9.17, 15) is 15.0 Å². The van der Waals surface area contributed by atoms with Crippen molar-refractivity contribution in [3.63, 3.8) is 0 Å². The molecule has 0 aromatic heterocycles. The molecule has 0 heterocycles. The molecule has 0 saturated heterocycles. The van der Waals surface area contributed by atoms with E-state index in [0.29, 0.717) is 12.3 Å². The summed E-state index contributed by atoms with van der Waals surface area (Å²) in [5.41, 5.74) is -1.49. The van der Waals surface area contributed by atoms with Crippen LogP contribution >= 0.6 is 0 Å². The van der Waals surface area contributed by atoms with Gasteiger partial charge in [0, 0.05) is 5.92 Å². The zero-order valence-electron chi connectivity index (χ0n) is 10.4. The molecule has 3 heteroatoms. The van der Waals surface area contributed by atoms with Gasteiger partial charge in [-0.3, -0.25) is 0 Å². The first-order valence-corrected chi connectivity index (χ1v) is 6.52. The van der Waals surface area contributed by atoms with Gasteiger partial charge in [-0.05, 0) is 18.8 Å². The van der Waals surface area contributed by atoms with Gasteiger partial charge in [-0.15, -0.1) is 0 Å². The second kappa shape index (κ2) is 5.67. The van der Waals surface area contributed by atoms with E-state index >= 15 is 0 Å². The van der Waals surface area contributed by atoms with E-state index in [2.05, 4.69) is 6.92 Å². The maximum absolute atomic E-state index is 11.3. The molecule has 0 radical (unpaired) electrons. The first-order chi connectivity index (χ1) is 7.56. The van der Waals surface area contributed by atoms with Gasteiger partial charge in [0.05, 0.1) is 0 Å². The van der Waals surface area contributed by atoms with Crippen molar-refractivity contribution in [2.45, 2.75) is 64.4 Å². The fourth-order valence-corrected chi connectivity index (χ4v) is 3.16.